The summed E-state index contributed by atoms with van der Waals surface area (Å²) in [4.78, 5) is 38.2. The zero-order chi connectivity index (χ0) is 25.5. The van der Waals surface area contributed by atoms with Crippen molar-refractivity contribution in [1.82, 2.24) is 25.3 Å². The lowest BCUT2D eigenvalue weighted by atomic mass is 10.0. The van der Waals surface area contributed by atoms with E-state index in [2.05, 4.69) is 15.6 Å². The number of likely N-dealkylation sites (tertiary alicyclic amines) is 1. The molecule has 0 radical (unpaired) electrons. The quantitative estimate of drug-likeness (QED) is 0.394. The van der Waals surface area contributed by atoms with Crippen molar-refractivity contribution in [2.24, 2.45) is 0 Å². The fraction of sp³-hybridized carbons (Fsp3) is 0.211. The van der Waals surface area contributed by atoms with E-state index in [4.69, 9.17) is 32.2 Å². The largest absolute Gasteiger partial charge is 0.360 e. The molecule has 0 bridgehead atoms. The van der Waals surface area contributed by atoms with Crippen molar-refractivity contribution in [2.45, 2.75) is 19.9 Å². The number of β-lactam (4-membered cyclic amide) rings is 1. The number of carbonyl (C=O) groups is 3. The Kier molecular flexibility index (Phi) is 6.44. The van der Waals surface area contributed by atoms with Gasteiger partial charge in [-0.1, -0.05) is 39.6 Å². The van der Waals surface area contributed by atoms with E-state index >= 15 is 0 Å². The maximum atomic E-state index is 12.9. The smallest absolute Gasteiger partial charge is 0.339 e. The summed E-state index contributed by atoms with van der Waals surface area (Å²) in [5, 5.41) is 10.2. The zero-order valence-corrected chi connectivity index (χ0v) is 20.3. The minimum absolute atomic E-state index is 0.00499. The van der Waals surface area contributed by atoms with Gasteiger partial charge in [-0.05, 0) is 26.0 Å². The maximum absolute atomic E-state index is 12.9. The van der Waals surface area contributed by atoms with Crippen LogP contribution in [0.25, 0.3) is 11.3 Å². The number of anilines is 1. The highest BCUT2D eigenvalue weighted by molar-refractivity contribution is 7.91. The third kappa shape index (κ3) is 4.94. The topological polar surface area (TPSA) is 177 Å². The van der Waals surface area contributed by atoms with Gasteiger partial charge in [-0.15, -0.1) is 0 Å². The van der Waals surface area contributed by atoms with Crippen LogP contribution in [0.2, 0.25) is 10.0 Å². The third-order valence-electron chi connectivity index (χ3n) is 4.86. The summed E-state index contributed by atoms with van der Waals surface area (Å²) in [6.07, 6.45) is 0. The molecule has 1 aromatic carbocycles. The molecule has 1 saturated heterocycles. The van der Waals surface area contributed by atoms with Gasteiger partial charge in [0, 0.05) is 11.6 Å². The van der Waals surface area contributed by atoms with Crippen LogP contribution in [0.5, 0.6) is 0 Å². The number of amides is 4. The Labute approximate surface area is 207 Å². The molecule has 2 aromatic heterocycles. The molecule has 0 spiro atoms. The number of imide groups is 1. The Morgan fingerprint density at radius 1 is 1.14 bits per heavy atom. The lowest BCUT2D eigenvalue weighted by Gasteiger charge is -2.36. The first-order chi connectivity index (χ1) is 16.5. The third-order valence-corrected chi connectivity index (χ3v) is 6.41. The van der Waals surface area contributed by atoms with Crippen molar-refractivity contribution < 1.29 is 31.8 Å². The minimum atomic E-state index is -4.39. The first-order valence-electron chi connectivity index (χ1n) is 9.77. The molecule has 1 aliphatic heterocycles. The Balaban J connectivity index is 1.41. The lowest BCUT2D eigenvalue weighted by Crippen LogP contribution is -2.67. The average Bonchev–Trinajstić information content (AvgIpc) is 3.34. The molecule has 35 heavy (non-hydrogen) atoms. The maximum Gasteiger partial charge on any atom is 0.339 e. The van der Waals surface area contributed by atoms with E-state index in [1.54, 1.807) is 29.8 Å². The summed E-state index contributed by atoms with van der Waals surface area (Å²) in [5.41, 5.74) is 0.362. The predicted molar refractivity (Wildman–Crippen MR) is 122 cm³/mol. The van der Waals surface area contributed by atoms with Gasteiger partial charge in [-0.2, -0.15) is 8.42 Å². The van der Waals surface area contributed by atoms with Gasteiger partial charge < -0.3 is 14.4 Å². The number of nitrogens with zero attached hydrogens (tertiary/aromatic N) is 3. The minimum Gasteiger partial charge on any atom is -0.360 e. The monoisotopic (exact) mass is 542 g/mol. The van der Waals surface area contributed by atoms with E-state index in [-0.39, 0.29) is 45.0 Å². The van der Waals surface area contributed by atoms with Gasteiger partial charge in [0.15, 0.2) is 5.82 Å². The number of hydrogen-bond donors (Lipinski definition) is 3. The van der Waals surface area contributed by atoms with E-state index in [9.17, 15) is 22.8 Å². The van der Waals surface area contributed by atoms with Crippen LogP contribution >= 0.6 is 23.2 Å². The Morgan fingerprint density at radius 3 is 2.43 bits per heavy atom. The summed E-state index contributed by atoms with van der Waals surface area (Å²) < 4.78 is 37.7. The van der Waals surface area contributed by atoms with Crippen LogP contribution < -0.4 is 14.8 Å². The SMILES string of the molecule is Cc1cc(NS(=O)(=O)NC(=O)N2CC(NC(=O)c3c(-c4c(Cl)cccc4Cl)noc3C)C2=O)no1. The molecule has 13 nitrogen and oxygen atoms in total. The lowest BCUT2D eigenvalue weighted by molar-refractivity contribution is -0.138. The second-order valence-electron chi connectivity index (χ2n) is 7.37. The molecule has 4 amide bonds. The number of urea groups is 1. The molecular formula is C19H16Cl2N6O7S. The number of aromatic nitrogens is 2. The average molecular weight is 543 g/mol. The molecular weight excluding hydrogens is 527 g/mol. The molecule has 3 N–H and O–H groups in total. The molecule has 1 aliphatic rings. The van der Waals surface area contributed by atoms with Crippen molar-refractivity contribution in [3.8, 4) is 11.3 Å². The fourth-order valence-electron chi connectivity index (χ4n) is 3.23. The van der Waals surface area contributed by atoms with E-state index < -0.39 is 34.1 Å². The zero-order valence-electron chi connectivity index (χ0n) is 18.0. The first kappa shape index (κ1) is 24.5. The summed E-state index contributed by atoms with van der Waals surface area (Å²) in [5.74, 6) is -1.20. The second-order valence-corrected chi connectivity index (χ2v) is 9.60. The highest BCUT2D eigenvalue weighted by atomic mass is 35.5. The molecule has 0 saturated carbocycles. The first-order valence-corrected chi connectivity index (χ1v) is 12.0. The van der Waals surface area contributed by atoms with Crippen LogP contribution in [0.1, 0.15) is 21.9 Å². The van der Waals surface area contributed by atoms with Crippen LogP contribution in [0.4, 0.5) is 10.6 Å². The van der Waals surface area contributed by atoms with E-state index in [1.807, 2.05) is 4.72 Å². The fourth-order valence-corrected chi connectivity index (χ4v) is 4.57. The Morgan fingerprint density at radius 2 is 1.83 bits per heavy atom. The number of halogens is 2. The highest BCUT2D eigenvalue weighted by Gasteiger charge is 2.43. The molecule has 1 atom stereocenters. The molecule has 4 rings (SSSR count). The van der Waals surface area contributed by atoms with Crippen molar-refractivity contribution in [2.75, 3.05) is 11.3 Å². The van der Waals surface area contributed by atoms with Crippen LogP contribution in [0.15, 0.2) is 33.3 Å². The van der Waals surface area contributed by atoms with Crippen molar-refractivity contribution >= 4 is 57.1 Å². The number of aryl methyl sites for hydroxylation is 2. The van der Waals surface area contributed by atoms with Gasteiger partial charge in [0.05, 0.1) is 16.6 Å². The predicted octanol–water partition coefficient (Wildman–Crippen LogP) is 2.26. The van der Waals surface area contributed by atoms with Gasteiger partial charge in [0.1, 0.15) is 28.8 Å². The number of carbonyl (C=O) groups excluding carboxylic acids is 3. The van der Waals surface area contributed by atoms with Gasteiger partial charge in [0.2, 0.25) is 0 Å². The second kappa shape index (κ2) is 9.20. The normalized spacial score (nSPS) is 15.5. The van der Waals surface area contributed by atoms with E-state index in [0.717, 1.165) is 0 Å². The van der Waals surface area contributed by atoms with Gasteiger partial charge in [-0.25, -0.2) is 14.2 Å². The van der Waals surface area contributed by atoms with E-state index in [1.165, 1.54) is 13.0 Å². The summed E-state index contributed by atoms with van der Waals surface area (Å²) in [6.45, 7) is 2.76. The standard InChI is InChI=1S/C19H16Cl2N6O7S/c1-8-6-13(23-33-8)25-35(31,32)26-19(30)27-7-12(18(27)29)22-17(28)14-9(2)34-24-16(14)15-10(20)4-3-5-11(15)21/h3-6,12H,7H2,1-2H3,(H,22,28)(H,23,25)(H,26,30). The van der Waals surface area contributed by atoms with Gasteiger partial charge >= 0.3 is 16.2 Å². The molecule has 0 aliphatic carbocycles. The molecule has 184 valence electrons. The molecule has 1 unspecified atom stereocenters. The van der Waals surface area contributed by atoms with Gasteiger partial charge in [0.25, 0.3) is 11.8 Å². The number of nitrogens with one attached hydrogen (secondary N) is 3. The van der Waals surface area contributed by atoms with Gasteiger partial charge in [-0.3, -0.25) is 14.5 Å². The highest BCUT2D eigenvalue weighted by Crippen LogP contribution is 2.36. The molecule has 16 heteroatoms. The number of hydrogen-bond acceptors (Lipinski definition) is 9. The number of rotatable bonds is 6. The van der Waals surface area contributed by atoms with E-state index in [0.29, 0.717) is 10.7 Å². The van der Waals surface area contributed by atoms with Crippen LogP contribution in [0.3, 0.4) is 0 Å². The molecule has 3 aromatic rings. The van der Waals surface area contributed by atoms with Crippen LogP contribution in [0, 0.1) is 13.8 Å². The van der Waals surface area contributed by atoms with Crippen molar-refractivity contribution in [3.05, 3.63) is 51.4 Å². The van der Waals surface area contributed by atoms with Crippen molar-refractivity contribution in [1.29, 1.82) is 0 Å². The Bertz CT molecular complexity index is 1430. The van der Waals surface area contributed by atoms with Crippen LogP contribution in [-0.4, -0.2) is 54.1 Å². The molecule has 1 fully saturated rings. The van der Waals surface area contributed by atoms with Crippen LogP contribution in [-0.2, 0) is 15.0 Å². The molecule has 3 heterocycles. The summed E-state index contributed by atoms with van der Waals surface area (Å²) >= 11 is 12.4. The Hall–Kier alpha value is -3.62. The summed E-state index contributed by atoms with van der Waals surface area (Å²) in [6, 6.07) is 3.74. The van der Waals surface area contributed by atoms with Crippen molar-refractivity contribution in [3.63, 3.8) is 0 Å². The summed E-state index contributed by atoms with van der Waals surface area (Å²) in [7, 11) is -4.39. The number of benzene rings is 1.